The molecule has 1 fully saturated rings. The molecule has 0 spiro atoms. The largest absolute Gasteiger partial charge is 0.352 e. The molecule has 1 saturated heterocycles. The molecule has 2 atom stereocenters. The van der Waals surface area contributed by atoms with Crippen molar-refractivity contribution in [1.82, 2.24) is 20.2 Å². The van der Waals surface area contributed by atoms with E-state index in [0.29, 0.717) is 6.54 Å². The molecule has 6 heteroatoms. The van der Waals surface area contributed by atoms with Gasteiger partial charge in [0, 0.05) is 17.3 Å². The van der Waals surface area contributed by atoms with E-state index in [1.165, 1.54) is 4.88 Å². The van der Waals surface area contributed by atoms with Crippen LogP contribution in [0.3, 0.4) is 0 Å². The van der Waals surface area contributed by atoms with Crippen LogP contribution in [0, 0.1) is 0 Å². The van der Waals surface area contributed by atoms with Gasteiger partial charge in [0.25, 0.3) is 0 Å². The number of nitrogens with zero attached hydrogens (tertiary/aromatic N) is 3. The van der Waals surface area contributed by atoms with E-state index < -0.39 is 0 Å². The van der Waals surface area contributed by atoms with Crippen LogP contribution in [0.5, 0.6) is 0 Å². The number of thiocarbonyl (C=S) groups is 1. The predicted octanol–water partition coefficient (Wildman–Crippen LogP) is 3.71. The quantitative estimate of drug-likeness (QED) is 0.725. The van der Waals surface area contributed by atoms with Crippen LogP contribution < -0.4 is 5.32 Å². The molecule has 0 saturated carbocycles. The van der Waals surface area contributed by atoms with Crippen LogP contribution in [-0.2, 0) is 6.54 Å². The summed E-state index contributed by atoms with van der Waals surface area (Å²) in [4.78, 5) is 12.5. The summed E-state index contributed by atoms with van der Waals surface area (Å²) in [6.45, 7) is 0.679. The lowest BCUT2D eigenvalue weighted by atomic mass is 10.0. The predicted molar refractivity (Wildman–Crippen MR) is 99.6 cm³/mol. The maximum atomic E-state index is 5.63. The van der Waals surface area contributed by atoms with Crippen molar-refractivity contribution < 1.29 is 0 Å². The summed E-state index contributed by atoms with van der Waals surface area (Å²) in [6, 6.07) is 16.4. The third-order valence-corrected chi connectivity index (χ3v) is 5.39. The molecule has 1 N–H and O–H groups in total. The van der Waals surface area contributed by atoms with Crippen LogP contribution in [0.25, 0.3) is 0 Å². The highest BCUT2D eigenvalue weighted by Gasteiger charge is 2.40. The van der Waals surface area contributed by atoms with Crippen LogP contribution in [0.15, 0.2) is 66.3 Å². The van der Waals surface area contributed by atoms with Gasteiger partial charge in [-0.3, -0.25) is 9.97 Å². The number of pyridine rings is 2. The van der Waals surface area contributed by atoms with Gasteiger partial charge in [-0.2, -0.15) is 0 Å². The highest BCUT2D eigenvalue weighted by Crippen LogP contribution is 2.40. The normalized spacial score (nSPS) is 20.2. The average molecular weight is 352 g/mol. The summed E-state index contributed by atoms with van der Waals surface area (Å²) in [5.74, 6) is 0. The van der Waals surface area contributed by atoms with Gasteiger partial charge >= 0.3 is 0 Å². The lowest BCUT2D eigenvalue weighted by Crippen LogP contribution is -2.29. The molecular formula is C18H16N4S2. The van der Waals surface area contributed by atoms with Crippen molar-refractivity contribution in [1.29, 1.82) is 0 Å². The van der Waals surface area contributed by atoms with E-state index in [-0.39, 0.29) is 12.1 Å². The molecule has 3 aromatic heterocycles. The van der Waals surface area contributed by atoms with Gasteiger partial charge in [-0.15, -0.1) is 11.3 Å². The summed E-state index contributed by atoms with van der Waals surface area (Å²) < 4.78 is 0. The van der Waals surface area contributed by atoms with Gasteiger partial charge in [-0.1, -0.05) is 18.2 Å². The van der Waals surface area contributed by atoms with E-state index in [2.05, 4.69) is 37.7 Å². The van der Waals surface area contributed by atoms with Crippen LogP contribution >= 0.6 is 23.6 Å². The minimum absolute atomic E-state index is 0.0427. The molecule has 24 heavy (non-hydrogen) atoms. The van der Waals surface area contributed by atoms with E-state index in [9.17, 15) is 0 Å². The van der Waals surface area contributed by atoms with Gasteiger partial charge < -0.3 is 10.2 Å². The summed E-state index contributed by atoms with van der Waals surface area (Å²) >= 11 is 7.38. The zero-order chi connectivity index (χ0) is 16.4. The third-order valence-electron chi connectivity index (χ3n) is 4.09. The van der Waals surface area contributed by atoms with E-state index in [4.69, 9.17) is 12.2 Å². The molecular weight excluding hydrogens is 336 g/mol. The van der Waals surface area contributed by atoms with Crippen LogP contribution in [0.1, 0.15) is 28.3 Å². The molecule has 1 aliphatic rings. The summed E-state index contributed by atoms with van der Waals surface area (Å²) in [5, 5.41) is 6.30. The molecule has 0 aromatic carbocycles. The summed E-state index contributed by atoms with van der Waals surface area (Å²) in [7, 11) is 0. The van der Waals surface area contributed by atoms with Gasteiger partial charge in [0.2, 0.25) is 0 Å². The van der Waals surface area contributed by atoms with Crippen LogP contribution in [0.4, 0.5) is 0 Å². The molecule has 0 bridgehead atoms. The maximum Gasteiger partial charge on any atom is 0.170 e. The van der Waals surface area contributed by atoms with Crippen molar-refractivity contribution in [2.24, 2.45) is 0 Å². The fourth-order valence-electron chi connectivity index (χ4n) is 3.01. The van der Waals surface area contributed by atoms with Crippen LogP contribution in [-0.4, -0.2) is 20.0 Å². The Bertz CT molecular complexity index is 806. The Hall–Kier alpha value is -2.31. The average Bonchev–Trinajstić information content (AvgIpc) is 3.25. The van der Waals surface area contributed by atoms with Gasteiger partial charge in [0.05, 0.1) is 30.0 Å². The number of hydrogen-bond acceptors (Lipinski definition) is 4. The lowest BCUT2D eigenvalue weighted by molar-refractivity contribution is 0.312. The zero-order valence-electron chi connectivity index (χ0n) is 12.9. The van der Waals surface area contributed by atoms with Crippen molar-refractivity contribution in [2.75, 3.05) is 0 Å². The molecule has 3 aromatic rings. The van der Waals surface area contributed by atoms with Crippen molar-refractivity contribution in [3.05, 3.63) is 82.6 Å². The summed E-state index contributed by atoms with van der Waals surface area (Å²) in [5.41, 5.74) is 2.01. The molecule has 4 heterocycles. The number of aromatic nitrogens is 2. The molecule has 0 unspecified atom stereocenters. The van der Waals surface area contributed by atoms with Crippen molar-refractivity contribution in [3.8, 4) is 0 Å². The molecule has 0 aliphatic carbocycles. The van der Waals surface area contributed by atoms with Gasteiger partial charge in [0.15, 0.2) is 5.11 Å². The zero-order valence-corrected chi connectivity index (χ0v) is 14.5. The Morgan fingerprint density at radius 2 is 1.88 bits per heavy atom. The number of nitrogens with one attached hydrogen (secondary N) is 1. The lowest BCUT2D eigenvalue weighted by Gasteiger charge is -2.26. The van der Waals surface area contributed by atoms with Gasteiger partial charge in [-0.25, -0.2) is 0 Å². The second kappa shape index (κ2) is 6.67. The third kappa shape index (κ3) is 2.90. The van der Waals surface area contributed by atoms with Crippen molar-refractivity contribution in [3.63, 3.8) is 0 Å². The molecule has 1 aliphatic heterocycles. The molecule has 4 nitrogen and oxygen atoms in total. The monoisotopic (exact) mass is 352 g/mol. The Morgan fingerprint density at radius 1 is 1.04 bits per heavy atom. The Balaban J connectivity index is 1.71. The van der Waals surface area contributed by atoms with Crippen molar-refractivity contribution in [2.45, 2.75) is 18.6 Å². The van der Waals surface area contributed by atoms with E-state index in [0.717, 1.165) is 16.5 Å². The van der Waals surface area contributed by atoms with Crippen molar-refractivity contribution >= 4 is 28.7 Å². The first kappa shape index (κ1) is 15.2. The number of thiophene rings is 1. The smallest absolute Gasteiger partial charge is 0.170 e. The summed E-state index contributed by atoms with van der Waals surface area (Å²) in [6.07, 6.45) is 3.64. The molecule has 0 amide bonds. The SMILES string of the molecule is S=C1N[C@H](c2ccccn2)[C@H](c2cccs2)N1Cc1ccccn1. The standard InChI is InChI=1S/C18H16N4S2/c23-18-21-16(14-7-2-4-10-20-14)17(15-8-5-11-24-15)22(18)12-13-6-1-3-9-19-13/h1-11,16-17H,12H2,(H,21,23)/t16-,17+/m1/s1. The van der Waals surface area contributed by atoms with E-state index in [1.807, 2.05) is 48.8 Å². The molecule has 0 radical (unpaired) electrons. The minimum Gasteiger partial charge on any atom is -0.352 e. The first-order chi connectivity index (χ1) is 11.8. The maximum absolute atomic E-state index is 5.63. The fourth-order valence-corrected chi connectivity index (χ4v) is 4.19. The number of rotatable bonds is 4. The first-order valence-corrected chi connectivity index (χ1v) is 9.03. The fraction of sp³-hybridized carbons (Fsp3) is 0.167. The minimum atomic E-state index is 0.0427. The second-order valence-corrected chi connectivity index (χ2v) is 6.96. The molecule has 120 valence electrons. The highest BCUT2D eigenvalue weighted by molar-refractivity contribution is 7.80. The Labute approximate surface area is 150 Å². The van der Waals surface area contributed by atoms with Gasteiger partial charge in [-0.05, 0) is 47.9 Å². The molecule has 4 rings (SSSR count). The van der Waals surface area contributed by atoms with E-state index in [1.54, 1.807) is 11.3 Å². The highest BCUT2D eigenvalue weighted by atomic mass is 32.1. The van der Waals surface area contributed by atoms with E-state index >= 15 is 0 Å². The second-order valence-electron chi connectivity index (χ2n) is 5.59. The Morgan fingerprint density at radius 3 is 2.54 bits per heavy atom. The first-order valence-electron chi connectivity index (χ1n) is 7.74. The van der Waals surface area contributed by atoms with Gasteiger partial charge in [0.1, 0.15) is 0 Å². The topological polar surface area (TPSA) is 41.1 Å². The number of hydrogen-bond donors (Lipinski definition) is 1. The Kier molecular flexibility index (Phi) is 4.23. The van der Waals surface area contributed by atoms with Crippen LogP contribution in [0.2, 0.25) is 0 Å².